The average Bonchev–Trinajstić information content (AvgIpc) is 3.28. The van der Waals surface area contributed by atoms with Crippen molar-refractivity contribution in [2.75, 3.05) is 0 Å². The Morgan fingerprint density at radius 2 is 1.88 bits per heavy atom. The number of aromatic nitrogens is 2. The van der Waals surface area contributed by atoms with Crippen LogP contribution in [0.3, 0.4) is 0 Å². The van der Waals surface area contributed by atoms with Crippen molar-refractivity contribution in [2.24, 2.45) is 0 Å². The van der Waals surface area contributed by atoms with Gasteiger partial charge in [0.25, 0.3) is 0 Å². The zero-order chi connectivity index (χ0) is 25.2. The number of rotatable bonds is 8. The van der Waals surface area contributed by atoms with E-state index in [0.29, 0.717) is 11.6 Å². The third-order valence-electron chi connectivity index (χ3n) is 5.68. The average molecular weight is 454 g/mol. The van der Waals surface area contributed by atoms with Crippen LogP contribution in [-0.2, 0) is 0 Å². The third-order valence-corrected chi connectivity index (χ3v) is 5.68. The van der Waals surface area contributed by atoms with Crippen molar-refractivity contribution in [3.63, 3.8) is 0 Å². The minimum absolute atomic E-state index is 0.267. The lowest BCUT2D eigenvalue weighted by Crippen LogP contribution is -2.43. The van der Waals surface area contributed by atoms with E-state index < -0.39 is 0 Å². The molecule has 0 aliphatic rings. The summed E-state index contributed by atoms with van der Waals surface area (Å²) in [4.78, 5) is 0. The molecule has 0 spiro atoms. The predicted molar refractivity (Wildman–Crippen MR) is 143 cm³/mol. The summed E-state index contributed by atoms with van der Waals surface area (Å²) in [6.07, 6.45) is 11.2. The summed E-state index contributed by atoms with van der Waals surface area (Å²) in [5.74, 6) is -0.267. The molecular weight excluding hydrogens is 409 g/mol. The van der Waals surface area contributed by atoms with Gasteiger partial charge in [-0.1, -0.05) is 44.6 Å². The van der Waals surface area contributed by atoms with Crippen molar-refractivity contribution in [1.82, 2.24) is 15.5 Å². The molecule has 0 saturated carbocycles. The first-order valence-electron chi connectivity index (χ1n) is 12.0. The van der Waals surface area contributed by atoms with Crippen LogP contribution in [0.15, 0.2) is 54.4 Å². The smallest absolute Gasteiger partial charge is 0.131 e. The van der Waals surface area contributed by atoms with Crippen LogP contribution in [-0.4, -0.2) is 21.8 Å². The Morgan fingerprint density at radius 1 is 1.21 bits per heavy atom. The topological polar surface area (TPSA) is 40.7 Å². The lowest BCUT2D eigenvalue weighted by atomic mass is 9.95. The molecule has 2 rings (SSSR count). The zero-order valence-corrected chi connectivity index (χ0v) is 22.2. The molecule has 33 heavy (non-hydrogen) atoms. The van der Waals surface area contributed by atoms with Gasteiger partial charge >= 0.3 is 0 Å². The van der Waals surface area contributed by atoms with Crippen LogP contribution < -0.4 is 5.32 Å². The van der Waals surface area contributed by atoms with Gasteiger partial charge in [0.15, 0.2) is 0 Å². The Morgan fingerprint density at radius 3 is 2.36 bits per heavy atom. The third kappa shape index (κ3) is 9.51. The maximum absolute atomic E-state index is 14.4. The van der Waals surface area contributed by atoms with Crippen molar-refractivity contribution in [1.29, 1.82) is 0 Å². The molecule has 0 amide bonds. The fraction of sp³-hybridized carbons (Fsp3) is 0.483. The molecule has 0 bridgehead atoms. The van der Waals surface area contributed by atoms with Gasteiger partial charge in [-0.15, -0.1) is 0 Å². The number of aromatic amines is 1. The minimum atomic E-state index is -0.267. The first-order valence-corrected chi connectivity index (χ1v) is 12.0. The molecule has 2 N–H and O–H groups in total. The quantitative estimate of drug-likeness (QED) is 0.394. The fourth-order valence-corrected chi connectivity index (χ4v) is 3.67. The van der Waals surface area contributed by atoms with Crippen LogP contribution in [0.4, 0.5) is 4.39 Å². The van der Waals surface area contributed by atoms with Crippen LogP contribution >= 0.6 is 0 Å². The Bertz CT molecular complexity index is 944. The largest absolute Gasteiger partial charge is 0.309 e. The molecule has 1 atom stereocenters. The van der Waals surface area contributed by atoms with Gasteiger partial charge in [0.2, 0.25) is 0 Å². The zero-order valence-electron chi connectivity index (χ0n) is 22.2. The first kappa shape index (κ1) is 28.6. The first-order chi connectivity index (χ1) is 15.4. The van der Waals surface area contributed by atoms with E-state index in [-0.39, 0.29) is 11.4 Å². The number of halogens is 1. The van der Waals surface area contributed by atoms with Gasteiger partial charge in [-0.3, -0.25) is 5.10 Å². The van der Waals surface area contributed by atoms with Crippen molar-refractivity contribution in [3.05, 3.63) is 71.3 Å². The summed E-state index contributed by atoms with van der Waals surface area (Å²) in [5.41, 5.74) is 6.52. The Balaban J connectivity index is 0.000000420. The van der Waals surface area contributed by atoms with Gasteiger partial charge in [-0.2, -0.15) is 5.10 Å². The fourth-order valence-electron chi connectivity index (χ4n) is 3.67. The SMILES string of the molecule is C=C(/C=C(C)\C(C)=C/C)c1cc(F)c(-c2cn[nH]c2)cc1C.CCCC(CC)NC(C)(C)C. The van der Waals surface area contributed by atoms with E-state index in [1.54, 1.807) is 18.5 Å². The van der Waals surface area contributed by atoms with Crippen LogP contribution in [0.2, 0.25) is 0 Å². The monoisotopic (exact) mass is 453 g/mol. The molecule has 1 aromatic carbocycles. The van der Waals surface area contributed by atoms with E-state index in [1.165, 1.54) is 24.8 Å². The number of hydrogen-bond acceptors (Lipinski definition) is 2. The Hall–Kier alpha value is -2.46. The summed E-state index contributed by atoms with van der Waals surface area (Å²) in [7, 11) is 0. The molecule has 182 valence electrons. The number of benzene rings is 1. The number of aryl methyl sites for hydroxylation is 1. The van der Waals surface area contributed by atoms with Gasteiger partial charge in [0, 0.05) is 28.9 Å². The Labute approximate surface area is 201 Å². The molecule has 0 aliphatic carbocycles. The molecule has 0 radical (unpaired) electrons. The highest BCUT2D eigenvalue weighted by Crippen LogP contribution is 2.29. The second-order valence-electron chi connectivity index (χ2n) is 9.75. The molecule has 1 unspecified atom stereocenters. The summed E-state index contributed by atoms with van der Waals surface area (Å²) < 4.78 is 14.4. The highest BCUT2D eigenvalue weighted by Gasteiger charge is 2.14. The number of allylic oxidation sites excluding steroid dienone is 5. The van der Waals surface area contributed by atoms with Crippen LogP contribution in [0, 0.1) is 12.7 Å². The van der Waals surface area contributed by atoms with Gasteiger partial charge in [-0.25, -0.2) is 4.39 Å². The molecule has 3 nitrogen and oxygen atoms in total. The highest BCUT2D eigenvalue weighted by atomic mass is 19.1. The molecular formula is C29H44FN3. The van der Waals surface area contributed by atoms with Gasteiger partial charge in [0.1, 0.15) is 5.82 Å². The summed E-state index contributed by atoms with van der Waals surface area (Å²) in [6, 6.07) is 4.10. The van der Waals surface area contributed by atoms with Crippen molar-refractivity contribution >= 4 is 5.57 Å². The molecule has 0 fully saturated rings. The molecule has 0 aliphatic heterocycles. The van der Waals surface area contributed by atoms with Crippen molar-refractivity contribution in [2.45, 2.75) is 93.2 Å². The maximum Gasteiger partial charge on any atom is 0.131 e. The number of nitrogens with zero attached hydrogens (tertiary/aromatic N) is 1. The van der Waals surface area contributed by atoms with E-state index in [0.717, 1.165) is 27.8 Å². The number of hydrogen-bond donors (Lipinski definition) is 2. The van der Waals surface area contributed by atoms with Crippen LogP contribution in [0.5, 0.6) is 0 Å². The maximum atomic E-state index is 14.4. The van der Waals surface area contributed by atoms with Gasteiger partial charge in [0.05, 0.1) is 6.20 Å². The standard InChI is InChI=1S/C19H21FN2.C10H23N/c1-6-12(2)13(3)7-14(4)17-9-19(20)18(8-15(17)5)16-10-21-22-11-16;1-6-8-9(7-2)11-10(3,4)5/h6-11H,4H2,1-3,5H3,(H,21,22);9,11H,6-8H2,1-5H3/b12-6-,13-7-;. The van der Waals surface area contributed by atoms with Gasteiger partial charge in [-0.05, 0) is 95.7 Å². The predicted octanol–water partition coefficient (Wildman–Crippen LogP) is 8.40. The lowest BCUT2D eigenvalue weighted by Gasteiger charge is -2.27. The lowest BCUT2D eigenvalue weighted by molar-refractivity contribution is 0.337. The molecule has 1 aromatic heterocycles. The number of nitrogens with one attached hydrogen (secondary N) is 2. The number of H-pyrrole nitrogens is 1. The minimum Gasteiger partial charge on any atom is -0.309 e. The summed E-state index contributed by atoms with van der Waals surface area (Å²) in [6.45, 7) is 23.3. The van der Waals surface area contributed by atoms with E-state index in [1.807, 2.05) is 32.9 Å². The van der Waals surface area contributed by atoms with E-state index in [4.69, 9.17) is 0 Å². The van der Waals surface area contributed by atoms with Crippen LogP contribution in [0.1, 0.15) is 85.8 Å². The van der Waals surface area contributed by atoms with E-state index in [9.17, 15) is 4.39 Å². The highest BCUT2D eigenvalue weighted by molar-refractivity contribution is 5.78. The molecule has 2 aromatic rings. The van der Waals surface area contributed by atoms with Crippen molar-refractivity contribution < 1.29 is 4.39 Å². The molecule has 1 heterocycles. The normalized spacial score (nSPS) is 13.4. The Kier molecular flexibility index (Phi) is 11.5. The van der Waals surface area contributed by atoms with E-state index in [2.05, 4.69) is 69.7 Å². The second kappa shape index (κ2) is 13.3. The van der Waals surface area contributed by atoms with Gasteiger partial charge < -0.3 is 5.32 Å². The summed E-state index contributed by atoms with van der Waals surface area (Å²) >= 11 is 0. The van der Waals surface area contributed by atoms with Crippen molar-refractivity contribution in [3.8, 4) is 11.1 Å². The second-order valence-corrected chi connectivity index (χ2v) is 9.75. The van der Waals surface area contributed by atoms with E-state index >= 15 is 0 Å². The molecule has 0 saturated heterocycles. The van der Waals surface area contributed by atoms with Crippen LogP contribution in [0.25, 0.3) is 16.7 Å². The molecule has 4 heteroatoms. The summed E-state index contributed by atoms with van der Waals surface area (Å²) in [5, 5.41) is 10.2.